The van der Waals surface area contributed by atoms with E-state index in [1.807, 2.05) is 18.2 Å². The van der Waals surface area contributed by atoms with E-state index in [1.54, 1.807) is 12.4 Å². The molecular formula is C11H13N3. The Kier molecular flexibility index (Phi) is 2.33. The van der Waals surface area contributed by atoms with Crippen LogP contribution in [-0.2, 0) is 0 Å². The highest BCUT2D eigenvalue weighted by Gasteiger charge is 2.12. The van der Waals surface area contributed by atoms with Gasteiger partial charge in [-0.3, -0.25) is 0 Å². The van der Waals surface area contributed by atoms with Gasteiger partial charge in [-0.15, -0.1) is 0 Å². The van der Waals surface area contributed by atoms with Crippen LogP contribution < -0.4 is 5.73 Å². The van der Waals surface area contributed by atoms with Crippen LogP contribution in [0.3, 0.4) is 0 Å². The quantitative estimate of drug-likeness (QED) is 0.752. The van der Waals surface area contributed by atoms with Crippen molar-refractivity contribution >= 4 is 0 Å². The molecule has 1 unspecified atom stereocenters. The summed E-state index contributed by atoms with van der Waals surface area (Å²) in [5.41, 5.74) is 8.37. The molecule has 1 aromatic heterocycles. The van der Waals surface area contributed by atoms with Gasteiger partial charge in [0.1, 0.15) is 5.82 Å². The molecule has 3 heteroatoms. The third-order valence-corrected chi connectivity index (χ3v) is 2.34. The highest BCUT2D eigenvalue weighted by Crippen LogP contribution is 2.19. The molecule has 0 bridgehead atoms. The number of H-pyrrole nitrogens is 1. The Hall–Kier alpha value is -1.61. The zero-order chi connectivity index (χ0) is 9.97. The number of nitrogens with two attached hydrogens (primary N) is 1. The number of nitrogens with one attached hydrogen (secondary N) is 1. The molecule has 1 heterocycles. The van der Waals surface area contributed by atoms with Gasteiger partial charge in [-0.2, -0.15) is 0 Å². The van der Waals surface area contributed by atoms with E-state index in [2.05, 4.69) is 23.0 Å². The SMILES string of the molecule is Cc1ccccc1C(N)c1ncc[nH]1. The number of hydrogen-bond acceptors (Lipinski definition) is 2. The zero-order valence-electron chi connectivity index (χ0n) is 8.07. The average Bonchev–Trinajstić information content (AvgIpc) is 2.70. The molecule has 0 saturated carbocycles. The molecule has 3 nitrogen and oxygen atoms in total. The molecule has 0 fully saturated rings. The van der Waals surface area contributed by atoms with Crippen LogP contribution in [0.2, 0.25) is 0 Å². The maximum Gasteiger partial charge on any atom is 0.127 e. The molecule has 0 aliphatic carbocycles. The predicted molar refractivity (Wildman–Crippen MR) is 55.8 cm³/mol. The lowest BCUT2D eigenvalue weighted by atomic mass is 10.0. The number of hydrogen-bond donors (Lipinski definition) is 2. The van der Waals surface area contributed by atoms with Crippen LogP contribution in [0.1, 0.15) is 23.0 Å². The van der Waals surface area contributed by atoms with E-state index < -0.39 is 0 Å². The molecule has 14 heavy (non-hydrogen) atoms. The van der Waals surface area contributed by atoms with E-state index in [0.29, 0.717) is 0 Å². The third-order valence-electron chi connectivity index (χ3n) is 2.34. The topological polar surface area (TPSA) is 54.7 Å². The first-order valence-corrected chi connectivity index (χ1v) is 4.59. The van der Waals surface area contributed by atoms with Crippen molar-refractivity contribution in [3.8, 4) is 0 Å². The lowest BCUT2D eigenvalue weighted by Gasteiger charge is -2.11. The molecule has 72 valence electrons. The van der Waals surface area contributed by atoms with Gasteiger partial charge in [0.05, 0.1) is 6.04 Å². The van der Waals surface area contributed by atoms with E-state index in [0.717, 1.165) is 11.4 Å². The summed E-state index contributed by atoms with van der Waals surface area (Å²) in [5.74, 6) is 0.805. The first-order chi connectivity index (χ1) is 6.79. The summed E-state index contributed by atoms with van der Waals surface area (Å²) in [6.45, 7) is 2.05. The minimum Gasteiger partial charge on any atom is -0.347 e. The van der Waals surface area contributed by atoms with Crippen LogP contribution in [0.5, 0.6) is 0 Å². The van der Waals surface area contributed by atoms with Crippen LogP contribution in [0.25, 0.3) is 0 Å². The molecule has 0 aliphatic rings. The summed E-state index contributed by atoms with van der Waals surface area (Å²) < 4.78 is 0. The Bertz CT molecular complexity index is 406. The van der Waals surface area contributed by atoms with Crippen molar-refractivity contribution in [2.45, 2.75) is 13.0 Å². The smallest absolute Gasteiger partial charge is 0.127 e. The molecule has 3 N–H and O–H groups in total. The number of nitrogens with zero attached hydrogens (tertiary/aromatic N) is 1. The van der Waals surface area contributed by atoms with E-state index in [1.165, 1.54) is 5.56 Å². The first kappa shape index (κ1) is 8.97. The molecule has 0 spiro atoms. The van der Waals surface area contributed by atoms with Crippen molar-refractivity contribution in [1.29, 1.82) is 0 Å². The maximum atomic E-state index is 6.07. The van der Waals surface area contributed by atoms with E-state index in [9.17, 15) is 0 Å². The minimum absolute atomic E-state index is 0.161. The standard InChI is InChI=1S/C11H13N3/c1-8-4-2-3-5-9(8)10(12)11-13-6-7-14-11/h2-7,10H,12H2,1H3,(H,13,14). The van der Waals surface area contributed by atoms with Crippen molar-refractivity contribution in [2.24, 2.45) is 5.73 Å². The van der Waals surface area contributed by atoms with Crippen molar-refractivity contribution in [3.63, 3.8) is 0 Å². The second kappa shape index (κ2) is 3.64. The lowest BCUT2D eigenvalue weighted by Crippen LogP contribution is -2.14. The number of aromatic amines is 1. The fourth-order valence-electron chi connectivity index (χ4n) is 1.53. The van der Waals surface area contributed by atoms with Gasteiger partial charge in [0.15, 0.2) is 0 Å². The first-order valence-electron chi connectivity index (χ1n) is 4.59. The van der Waals surface area contributed by atoms with Crippen molar-refractivity contribution < 1.29 is 0 Å². The largest absolute Gasteiger partial charge is 0.347 e. The summed E-state index contributed by atoms with van der Waals surface area (Å²) in [7, 11) is 0. The number of rotatable bonds is 2. The van der Waals surface area contributed by atoms with Gasteiger partial charge in [0.2, 0.25) is 0 Å². The molecule has 0 amide bonds. The Morgan fingerprint density at radius 2 is 2.14 bits per heavy atom. The molecule has 2 aromatic rings. The van der Waals surface area contributed by atoms with Gasteiger partial charge in [-0.1, -0.05) is 24.3 Å². The second-order valence-electron chi connectivity index (χ2n) is 3.31. The van der Waals surface area contributed by atoms with Crippen LogP contribution in [0.15, 0.2) is 36.7 Å². The normalized spacial score (nSPS) is 12.7. The minimum atomic E-state index is -0.161. The van der Waals surface area contributed by atoms with Crippen LogP contribution in [0.4, 0.5) is 0 Å². The van der Waals surface area contributed by atoms with Crippen molar-refractivity contribution in [1.82, 2.24) is 9.97 Å². The van der Waals surface area contributed by atoms with Crippen molar-refractivity contribution in [3.05, 3.63) is 53.6 Å². The Morgan fingerprint density at radius 1 is 1.36 bits per heavy atom. The zero-order valence-corrected chi connectivity index (χ0v) is 8.07. The van der Waals surface area contributed by atoms with E-state index in [-0.39, 0.29) is 6.04 Å². The molecule has 2 rings (SSSR count). The average molecular weight is 187 g/mol. The van der Waals surface area contributed by atoms with Crippen LogP contribution >= 0.6 is 0 Å². The molecular weight excluding hydrogens is 174 g/mol. The Morgan fingerprint density at radius 3 is 2.79 bits per heavy atom. The third kappa shape index (κ3) is 1.54. The predicted octanol–water partition coefficient (Wildman–Crippen LogP) is 1.77. The highest BCUT2D eigenvalue weighted by molar-refractivity contribution is 5.31. The van der Waals surface area contributed by atoms with Crippen LogP contribution in [-0.4, -0.2) is 9.97 Å². The highest BCUT2D eigenvalue weighted by atomic mass is 14.9. The molecule has 0 saturated heterocycles. The maximum absolute atomic E-state index is 6.07. The van der Waals surface area contributed by atoms with Gasteiger partial charge in [0.25, 0.3) is 0 Å². The Labute approximate surface area is 83.0 Å². The number of imidazole rings is 1. The van der Waals surface area contributed by atoms with Gasteiger partial charge in [0, 0.05) is 12.4 Å². The molecule has 1 aromatic carbocycles. The summed E-state index contributed by atoms with van der Waals surface area (Å²) >= 11 is 0. The van der Waals surface area contributed by atoms with E-state index >= 15 is 0 Å². The number of aryl methyl sites for hydroxylation is 1. The molecule has 0 radical (unpaired) electrons. The Balaban J connectivity index is 2.37. The summed E-state index contributed by atoms with van der Waals surface area (Å²) in [4.78, 5) is 7.18. The summed E-state index contributed by atoms with van der Waals surface area (Å²) in [6.07, 6.45) is 3.50. The van der Waals surface area contributed by atoms with Gasteiger partial charge in [-0.25, -0.2) is 4.98 Å². The number of benzene rings is 1. The summed E-state index contributed by atoms with van der Waals surface area (Å²) in [6, 6.07) is 7.92. The van der Waals surface area contributed by atoms with Gasteiger partial charge >= 0.3 is 0 Å². The second-order valence-corrected chi connectivity index (χ2v) is 3.31. The lowest BCUT2D eigenvalue weighted by molar-refractivity contribution is 0.794. The fraction of sp³-hybridized carbons (Fsp3) is 0.182. The monoisotopic (exact) mass is 187 g/mol. The fourth-order valence-corrected chi connectivity index (χ4v) is 1.53. The van der Waals surface area contributed by atoms with Crippen LogP contribution in [0, 0.1) is 6.92 Å². The summed E-state index contributed by atoms with van der Waals surface area (Å²) in [5, 5.41) is 0. The molecule has 0 aliphatic heterocycles. The van der Waals surface area contributed by atoms with Crippen molar-refractivity contribution in [2.75, 3.05) is 0 Å². The molecule has 1 atom stereocenters. The van der Waals surface area contributed by atoms with E-state index in [4.69, 9.17) is 5.73 Å². The van der Waals surface area contributed by atoms with Gasteiger partial charge < -0.3 is 10.7 Å². The number of aromatic nitrogens is 2. The van der Waals surface area contributed by atoms with Gasteiger partial charge in [-0.05, 0) is 18.1 Å².